The van der Waals surface area contributed by atoms with Crippen molar-refractivity contribution >= 4 is 11.0 Å². The zero-order valence-corrected chi connectivity index (χ0v) is 10.8. The maximum atomic E-state index is 12.7. The minimum absolute atomic E-state index is 0.211. The summed E-state index contributed by atoms with van der Waals surface area (Å²) in [5.41, 5.74) is 5.97. The summed E-state index contributed by atoms with van der Waals surface area (Å²) in [7, 11) is 0. The van der Waals surface area contributed by atoms with Crippen LogP contribution in [-0.2, 0) is 19.3 Å². The van der Waals surface area contributed by atoms with Gasteiger partial charge in [-0.05, 0) is 24.1 Å². The minimum Gasteiger partial charge on any atom is -0.327 e. The third-order valence-corrected chi connectivity index (χ3v) is 2.88. The Morgan fingerprint density at radius 1 is 1.32 bits per heavy atom. The van der Waals surface area contributed by atoms with Gasteiger partial charge in [0.1, 0.15) is 5.82 Å². The van der Waals surface area contributed by atoms with Gasteiger partial charge in [0, 0.05) is 6.54 Å². The molecule has 19 heavy (non-hydrogen) atoms. The van der Waals surface area contributed by atoms with Gasteiger partial charge >= 0.3 is 6.18 Å². The molecule has 0 spiro atoms. The standard InChI is InChI=1S/C13H16F3N3/c1-8(2)7-19-11-4-3-9(13(14,15)16)5-10(11)18-12(19)6-17/h3-5,8H,6-7,17H2,1-2H3. The molecule has 0 saturated carbocycles. The number of nitrogens with zero attached hydrogens (tertiary/aromatic N) is 2. The Labute approximate surface area is 109 Å². The molecule has 3 nitrogen and oxygen atoms in total. The van der Waals surface area contributed by atoms with E-state index >= 15 is 0 Å². The first kappa shape index (κ1) is 13.9. The number of rotatable bonds is 3. The Morgan fingerprint density at radius 2 is 2.00 bits per heavy atom. The van der Waals surface area contributed by atoms with Crippen molar-refractivity contribution in [2.45, 2.75) is 33.1 Å². The molecule has 1 aromatic heterocycles. The monoisotopic (exact) mass is 271 g/mol. The zero-order chi connectivity index (χ0) is 14.2. The number of imidazole rings is 1. The maximum Gasteiger partial charge on any atom is 0.416 e. The number of nitrogens with two attached hydrogens (primary N) is 1. The van der Waals surface area contributed by atoms with Crippen molar-refractivity contribution in [1.29, 1.82) is 0 Å². The lowest BCUT2D eigenvalue weighted by molar-refractivity contribution is -0.137. The third-order valence-electron chi connectivity index (χ3n) is 2.88. The van der Waals surface area contributed by atoms with E-state index in [2.05, 4.69) is 4.98 Å². The van der Waals surface area contributed by atoms with Gasteiger partial charge in [-0.25, -0.2) is 4.98 Å². The highest BCUT2D eigenvalue weighted by atomic mass is 19.4. The van der Waals surface area contributed by atoms with E-state index in [0.29, 0.717) is 29.3 Å². The van der Waals surface area contributed by atoms with Crippen LogP contribution in [0.5, 0.6) is 0 Å². The average molecular weight is 271 g/mol. The van der Waals surface area contributed by atoms with Crippen LogP contribution in [0.25, 0.3) is 11.0 Å². The molecule has 104 valence electrons. The van der Waals surface area contributed by atoms with E-state index in [-0.39, 0.29) is 6.54 Å². The lowest BCUT2D eigenvalue weighted by Crippen LogP contribution is -2.11. The minimum atomic E-state index is -4.35. The lowest BCUT2D eigenvalue weighted by Gasteiger charge is -2.11. The highest BCUT2D eigenvalue weighted by molar-refractivity contribution is 5.77. The van der Waals surface area contributed by atoms with Crippen LogP contribution >= 0.6 is 0 Å². The smallest absolute Gasteiger partial charge is 0.327 e. The molecule has 2 N–H and O–H groups in total. The van der Waals surface area contributed by atoms with Crippen LogP contribution in [0.3, 0.4) is 0 Å². The van der Waals surface area contributed by atoms with Crippen LogP contribution in [0.4, 0.5) is 13.2 Å². The Hall–Kier alpha value is -1.56. The van der Waals surface area contributed by atoms with Gasteiger partial charge in [0.2, 0.25) is 0 Å². The first-order chi connectivity index (χ1) is 8.82. The SMILES string of the molecule is CC(C)Cn1c(CN)nc2cc(C(F)(F)F)ccc21. The van der Waals surface area contributed by atoms with E-state index in [4.69, 9.17) is 5.73 Å². The number of halogens is 3. The number of alkyl halides is 3. The summed E-state index contributed by atoms with van der Waals surface area (Å²) in [6, 6.07) is 3.62. The molecule has 1 heterocycles. The van der Waals surface area contributed by atoms with Crippen LogP contribution < -0.4 is 5.73 Å². The van der Waals surface area contributed by atoms with Crippen molar-refractivity contribution < 1.29 is 13.2 Å². The first-order valence-corrected chi connectivity index (χ1v) is 6.09. The van der Waals surface area contributed by atoms with E-state index in [9.17, 15) is 13.2 Å². The summed E-state index contributed by atoms with van der Waals surface area (Å²) in [4.78, 5) is 4.20. The largest absolute Gasteiger partial charge is 0.416 e. The second-order valence-corrected chi connectivity index (χ2v) is 4.94. The van der Waals surface area contributed by atoms with Crippen LogP contribution in [0.2, 0.25) is 0 Å². The molecular weight excluding hydrogens is 255 g/mol. The highest BCUT2D eigenvalue weighted by Gasteiger charge is 2.31. The van der Waals surface area contributed by atoms with Gasteiger partial charge in [0.05, 0.1) is 23.1 Å². The summed E-state index contributed by atoms with van der Waals surface area (Å²) in [5, 5.41) is 0. The van der Waals surface area contributed by atoms with E-state index in [1.807, 2.05) is 18.4 Å². The van der Waals surface area contributed by atoms with Crippen molar-refractivity contribution in [3.63, 3.8) is 0 Å². The molecule has 0 saturated heterocycles. The second-order valence-electron chi connectivity index (χ2n) is 4.94. The van der Waals surface area contributed by atoms with E-state index in [1.165, 1.54) is 6.07 Å². The molecule has 0 aliphatic rings. The fraction of sp³-hybridized carbons (Fsp3) is 0.462. The van der Waals surface area contributed by atoms with Crippen LogP contribution in [0, 0.1) is 5.92 Å². The molecular formula is C13H16F3N3. The van der Waals surface area contributed by atoms with E-state index in [0.717, 1.165) is 12.1 Å². The molecule has 6 heteroatoms. The van der Waals surface area contributed by atoms with Gasteiger partial charge < -0.3 is 10.3 Å². The van der Waals surface area contributed by atoms with Gasteiger partial charge in [-0.15, -0.1) is 0 Å². The molecule has 0 atom stereocenters. The summed E-state index contributed by atoms with van der Waals surface area (Å²) < 4.78 is 39.9. The van der Waals surface area contributed by atoms with Crippen molar-refractivity contribution in [2.75, 3.05) is 0 Å². The van der Waals surface area contributed by atoms with Gasteiger partial charge in [-0.1, -0.05) is 13.8 Å². The Morgan fingerprint density at radius 3 is 2.53 bits per heavy atom. The van der Waals surface area contributed by atoms with E-state index < -0.39 is 11.7 Å². The summed E-state index contributed by atoms with van der Waals surface area (Å²) in [5.74, 6) is 0.980. The summed E-state index contributed by atoms with van der Waals surface area (Å²) in [6.45, 7) is 4.98. The number of hydrogen-bond acceptors (Lipinski definition) is 2. The Kier molecular flexibility index (Phi) is 3.54. The van der Waals surface area contributed by atoms with Crippen LogP contribution in [0.1, 0.15) is 25.2 Å². The molecule has 0 fully saturated rings. The molecule has 1 aromatic carbocycles. The Bertz CT molecular complexity index is 585. The molecule has 0 unspecified atom stereocenters. The molecule has 0 radical (unpaired) electrons. The number of aromatic nitrogens is 2. The lowest BCUT2D eigenvalue weighted by atomic mass is 10.2. The number of benzene rings is 1. The second kappa shape index (κ2) is 4.85. The molecule has 0 aliphatic carbocycles. The van der Waals surface area contributed by atoms with Gasteiger partial charge in [0.15, 0.2) is 0 Å². The molecule has 0 amide bonds. The molecule has 2 rings (SSSR count). The predicted molar refractivity (Wildman–Crippen MR) is 67.5 cm³/mol. The van der Waals surface area contributed by atoms with Crippen LogP contribution in [0.15, 0.2) is 18.2 Å². The third kappa shape index (κ3) is 2.73. The fourth-order valence-electron chi connectivity index (χ4n) is 2.08. The van der Waals surface area contributed by atoms with Crippen molar-refractivity contribution in [3.05, 3.63) is 29.6 Å². The van der Waals surface area contributed by atoms with Gasteiger partial charge in [-0.2, -0.15) is 13.2 Å². The van der Waals surface area contributed by atoms with Gasteiger partial charge in [-0.3, -0.25) is 0 Å². The van der Waals surface area contributed by atoms with Crippen molar-refractivity contribution in [1.82, 2.24) is 9.55 Å². The fourth-order valence-corrected chi connectivity index (χ4v) is 2.08. The number of hydrogen-bond donors (Lipinski definition) is 1. The van der Waals surface area contributed by atoms with Crippen molar-refractivity contribution in [2.24, 2.45) is 11.7 Å². The van der Waals surface area contributed by atoms with Crippen molar-refractivity contribution in [3.8, 4) is 0 Å². The Balaban J connectivity index is 2.57. The maximum absolute atomic E-state index is 12.7. The number of fused-ring (bicyclic) bond motifs is 1. The molecule has 2 aromatic rings. The average Bonchev–Trinajstić information content (AvgIpc) is 2.65. The predicted octanol–water partition coefficient (Wildman–Crippen LogP) is 3.17. The zero-order valence-electron chi connectivity index (χ0n) is 10.8. The normalized spacial score (nSPS) is 12.6. The topological polar surface area (TPSA) is 43.8 Å². The van der Waals surface area contributed by atoms with E-state index in [1.54, 1.807) is 0 Å². The first-order valence-electron chi connectivity index (χ1n) is 6.09. The summed E-state index contributed by atoms with van der Waals surface area (Å²) in [6.07, 6.45) is -4.35. The van der Waals surface area contributed by atoms with Crippen LogP contribution in [-0.4, -0.2) is 9.55 Å². The summed E-state index contributed by atoms with van der Waals surface area (Å²) >= 11 is 0. The quantitative estimate of drug-likeness (QED) is 0.931. The van der Waals surface area contributed by atoms with Gasteiger partial charge in [0.25, 0.3) is 0 Å². The highest BCUT2D eigenvalue weighted by Crippen LogP contribution is 2.31. The molecule has 0 bridgehead atoms. The molecule has 0 aliphatic heterocycles.